The summed E-state index contributed by atoms with van der Waals surface area (Å²) in [7, 11) is 0. The highest BCUT2D eigenvalue weighted by Crippen LogP contribution is 2.39. The lowest BCUT2D eigenvalue weighted by Gasteiger charge is -2.25. The van der Waals surface area contributed by atoms with Gasteiger partial charge in [0.1, 0.15) is 17.6 Å². The Hall–Kier alpha value is -2.87. The number of hydrogen-bond acceptors (Lipinski definition) is 7. The normalized spacial score (nSPS) is 19.4. The van der Waals surface area contributed by atoms with Crippen LogP contribution < -0.4 is 5.32 Å². The molecule has 0 bridgehead atoms. The molecule has 2 atom stereocenters. The number of nitrogens with one attached hydrogen (secondary N) is 1. The summed E-state index contributed by atoms with van der Waals surface area (Å²) >= 11 is 0.794. The summed E-state index contributed by atoms with van der Waals surface area (Å²) < 4.78 is 72.4. The minimum Gasteiger partial charge on any atom is -0.378 e. The maximum Gasteiger partial charge on any atom is 0.408 e. The van der Waals surface area contributed by atoms with Crippen molar-refractivity contribution in [3.8, 4) is 10.4 Å². The third-order valence-corrected chi connectivity index (χ3v) is 7.47. The Bertz CT molecular complexity index is 1150. The number of amides is 2. The number of morpholine rings is 1. The van der Waals surface area contributed by atoms with E-state index in [4.69, 9.17) is 4.74 Å². The molecule has 2 aromatic heterocycles. The number of carbonyl (C=O) groups excluding carboxylic acids is 2. The summed E-state index contributed by atoms with van der Waals surface area (Å²) in [6.07, 6.45) is -5.16. The van der Waals surface area contributed by atoms with E-state index in [1.807, 2.05) is 6.92 Å². The van der Waals surface area contributed by atoms with Gasteiger partial charge in [-0.25, -0.2) is 18.7 Å². The van der Waals surface area contributed by atoms with E-state index in [1.165, 1.54) is 4.90 Å². The number of ether oxygens (including phenoxy) is 1. The highest BCUT2D eigenvalue weighted by molar-refractivity contribution is 7.17. The molecular formula is C23H26F5N5O3S. The first-order valence-electron chi connectivity index (χ1n) is 11.8. The standard InChI is InChI=1S/C23H26F5N5O3S/c1-12-4-3-5-33(12)21(34)17-18(37-20(31-17)22(35)32-6-8-36-9-7-32)15-11-29-16(10-14(15)19(24)25)30-13(2)23(26,27)28/h10-13,19H,3-9H2,1-2H3,(H,29,30)/t12-,13-/m0/s1. The topological polar surface area (TPSA) is 87.7 Å². The van der Waals surface area contributed by atoms with E-state index in [0.717, 1.165) is 43.4 Å². The van der Waals surface area contributed by atoms with Crippen molar-refractivity contribution in [1.29, 1.82) is 0 Å². The number of hydrogen-bond donors (Lipinski definition) is 1. The van der Waals surface area contributed by atoms with E-state index in [2.05, 4.69) is 15.3 Å². The number of alkyl halides is 5. The van der Waals surface area contributed by atoms with E-state index in [0.29, 0.717) is 32.8 Å². The van der Waals surface area contributed by atoms with Gasteiger partial charge < -0.3 is 19.9 Å². The SMILES string of the molecule is C[C@H](Nc1cc(C(F)F)c(-c2sc(C(=O)N3CCOCC3)nc2C(=O)N2CCC[C@@H]2C)cn1)C(F)(F)F. The van der Waals surface area contributed by atoms with Crippen LogP contribution in [0.5, 0.6) is 0 Å². The summed E-state index contributed by atoms with van der Waals surface area (Å²) in [6, 6.07) is -1.28. The molecule has 2 aromatic rings. The van der Waals surface area contributed by atoms with Crippen LogP contribution in [-0.2, 0) is 4.74 Å². The number of carbonyl (C=O) groups is 2. The minimum atomic E-state index is -4.61. The maximum absolute atomic E-state index is 14.1. The van der Waals surface area contributed by atoms with Crippen molar-refractivity contribution < 1.29 is 36.3 Å². The lowest BCUT2D eigenvalue weighted by molar-refractivity contribution is -0.138. The molecular weight excluding hydrogens is 521 g/mol. The second-order valence-electron chi connectivity index (χ2n) is 8.96. The quantitative estimate of drug-likeness (QED) is 0.532. The highest BCUT2D eigenvalue weighted by atomic mass is 32.1. The summed E-state index contributed by atoms with van der Waals surface area (Å²) in [6.45, 7) is 4.49. The minimum absolute atomic E-state index is 0.0268. The van der Waals surface area contributed by atoms with Gasteiger partial charge >= 0.3 is 6.18 Å². The molecule has 202 valence electrons. The zero-order valence-electron chi connectivity index (χ0n) is 20.1. The average molecular weight is 548 g/mol. The van der Waals surface area contributed by atoms with Gasteiger partial charge in [0.25, 0.3) is 18.2 Å². The van der Waals surface area contributed by atoms with Crippen molar-refractivity contribution in [2.75, 3.05) is 38.2 Å². The van der Waals surface area contributed by atoms with Crippen molar-refractivity contribution in [2.24, 2.45) is 0 Å². The predicted octanol–water partition coefficient (Wildman–Crippen LogP) is 4.60. The monoisotopic (exact) mass is 547 g/mol. The van der Waals surface area contributed by atoms with Crippen LogP contribution in [0.15, 0.2) is 12.3 Å². The van der Waals surface area contributed by atoms with E-state index >= 15 is 0 Å². The second-order valence-corrected chi connectivity index (χ2v) is 9.96. The molecule has 0 unspecified atom stereocenters. The molecule has 2 amide bonds. The third-order valence-electron chi connectivity index (χ3n) is 6.40. The summed E-state index contributed by atoms with van der Waals surface area (Å²) in [4.78, 5) is 37.9. The van der Waals surface area contributed by atoms with Crippen molar-refractivity contribution in [3.05, 3.63) is 28.5 Å². The smallest absolute Gasteiger partial charge is 0.378 e. The maximum atomic E-state index is 14.1. The van der Waals surface area contributed by atoms with Gasteiger partial charge in [-0.3, -0.25) is 9.59 Å². The predicted molar refractivity (Wildman–Crippen MR) is 126 cm³/mol. The van der Waals surface area contributed by atoms with Crippen LogP contribution >= 0.6 is 11.3 Å². The van der Waals surface area contributed by atoms with Gasteiger partial charge in [-0.05, 0) is 32.8 Å². The zero-order chi connectivity index (χ0) is 26.9. The molecule has 4 rings (SSSR count). The van der Waals surface area contributed by atoms with E-state index < -0.39 is 36.0 Å². The van der Waals surface area contributed by atoms with Crippen molar-refractivity contribution >= 4 is 29.0 Å². The van der Waals surface area contributed by atoms with E-state index in [1.54, 1.807) is 4.90 Å². The molecule has 2 saturated heterocycles. The first-order valence-corrected chi connectivity index (χ1v) is 12.6. The number of likely N-dealkylation sites (tertiary alicyclic amines) is 1. The molecule has 0 spiro atoms. The Morgan fingerprint density at radius 2 is 1.89 bits per heavy atom. The third kappa shape index (κ3) is 5.84. The highest BCUT2D eigenvalue weighted by Gasteiger charge is 2.37. The molecule has 0 aliphatic carbocycles. The fourth-order valence-corrected chi connectivity index (χ4v) is 5.29. The number of nitrogens with zero attached hydrogens (tertiary/aromatic N) is 4. The van der Waals surface area contributed by atoms with Gasteiger partial charge in [-0.15, -0.1) is 11.3 Å². The lowest BCUT2D eigenvalue weighted by Crippen LogP contribution is -2.40. The molecule has 14 heteroatoms. The van der Waals surface area contributed by atoms with Crippen LogP contribution in [0.3, 0.4) is 0 Å². The first-order chi connectivity index (χ1) is 17.5. The van der Waals surface area contributed by atoms with Crippen LogP contribution in [0.4, 0.5) is 27.8 Å². The van der Waals surface area contributed by atoms with Crippen molar-refractivity contribution in [3.63, 3.8) is 0 Å². The number of halogens is 5. The molecule has 2 aliphatic heterocycles. The number of pyridine rings is 1. The molecule has 1 N–H and O–H groups in total. The number of rotatable bonds is 6. The summed E-state index contributed by atoms with van der Waals surface area (Å²) in [5.41, 5.74) is -0.929. The molecule has 0 saturated carbocycles. The Morgan fingerprint density at radius 1 is 1.19 bits per heavy atom. The van der Waals surface area contributed by atoms with Gasteiger partial charge in [0, 0.05) is 43.0 Å². The van der Waals surface area contributed by atoms with Crippen molar-refractivity contribution in [2.45, 2.75) is 51.4 Å². The lowest BCUT2D eigenvalue weighted by atomic mass is 10.1. The Kier molecular flexibility index (Phi) is 7.97. The van der Waals surface area contributed by atoms with Gasteiger partial charge in [0.2, 0.25) is 0 Å². The second kappa shape index (κ2) is 10.9. The zero-order valence-corrected chi connectivity index (χ0v) is 21.0. The van der Waals surface area contributed by atoms with E-state index in [-0.39, 0.29) is 33.0 Å². The largest absolute Gasteiger partial charge is 0.408 e. The molecule has 2 aliphatic rings. The van der Waals surface area contributed by atoms with Crippen LogP contribution in [0, 0.1) is 0 Å². The van der Waals surface area contributed by atoms with Crippen molar-refractivity contribution in [1.82, 2.24) is 19.8 Å². The fourth-order valence-electron chi connectivity index (χ4n) is 4.24. The number of anilines is 1. The number of thiazole rings is 1. The van der Waals surface area contributed by atoms with Crippen LogP contribution in [-0.4, -0.2) is 82.7 Å². The number of aromatic nitrogens is 2. The molecule has 0 aromatic carbocycles. The summed E-state index contributed by atoms with van der Waals surface area (Å²) in [5, 5.41) is 2.04. The van der Waals surface area contributed by atoms with Crippen LogP contribution in [0.2, 0.25) is 0 Å². The average Bonchev–Trinajstić information content (AvgIpc) is 3.49. The van der Waals surface area contributed by atoms with Crippen LogP contribution in [0.1, 0.15) is 59.0 Å². The molecule has 37 heavy (non-hydrogen) atoms. The molecule has 0 radical (unpaired) electrons. The molecule has 2 fully saturated rings. The molecule has 4 heterocycles. The van der Waals surface area contributed by atoms with Gasteiger partial charge in [0.15, 0.2) is 5.01 Å². The van der Waals surface area contributed by atoms with E-state index in [9.17, 15) is 31.5 Å². The Balaban J connectivity index is 1.77. The van der Waals surface area contributed by atoms with Crippen LogP contribution in [0.25, 0.3) is 10.4 Å². The fraction of sp³-hybridized carbons (Fsp3) is 0.565. The van der Waals surface area contributed by atoms with Gasteiger partial charge in [0.05, 0.1) is 18.1 Å². The van der Waals surface area contributed by atoms with Gasteiger partial charge in [-0.1, -0.05) is 0 Å². The first kappa shape index (κ1) is 27.2. The Morgan fingerprint density at radius 3 is 2.49 bits per heavy atom. The summed E-state index contributed by atoms with van der Waals surface area (Å²) in [5.74, 6) is -1.34. The Labute approximate surface area is 213 Å². The molecule has 8 nitrogen and oxygen atoms in total. The van der Waals surface area contributed by atoms with Gasteiger partial charge in [-0.2, -0.15) is 13.2 Å².